The first-order valence-corrected chi connectivity index (χ1v) is 18.4. The zero-order chi connectivity index (χ0) is 39.8. The van der Waals surface area contributed by atoms with Crippen molar-refractivity contribution in [2.45, 2.75) is 131 Å². The Morgan fingerprint density at radius 3 is 2.22 bits per heavy atom. The standard InChI is InChI=1S/C30H32NS.C14H26O2.Ir/c1-18-8-9-22-21(12-18)15-23-27-26-20(10-11-31-27)13-19(16-29(2,3)4)14-25(26)32-28(23)24(22)17-30(5,6)7;1-6-11(7-2)12(15)10-13(16)14(5,8-3)9-4;/h8-14H,16-17H2,1-7H3;10-11,15H,6-9H2,1-5H3;/q-1;;/b;12-10-;/i1D3,10D,11D;;. The molecule has 3 aromatic carbocycles. The molecule has 0 bridgehead atoms. The number of aryl methyl sites for hydroxylation is 1. The average Bonchev–Trinajstić information content (AvgIpc) is 3.05. The Bertz CT molecular complexity index is 2030. The number of hydrogen-bond donors (Lipinski definition) is 1. The van der Waals surface area contributed by atoms with Gasteiger partial charge in [-0.2, -0.15) is 0 Å². The van der Waals surface area contributed by atoms with Crippen LogP contribution in [0.25, 0.3) is 32.8 Å². The smallest absolute Gasteiger partial charge is 0.164 e. The van der Waals surface area contributed by atoms with Crippen molar-refractivity contribution >= 4 is 39.1 Å². The van der Waals surface area contributed by atoms with Gasteiger partial charge in [-0.25, -0.2) is 0 Å². The van der Waals surface area contributed by atoms with Gasteiger partial charge in [-0.3, -0.25) is 9.78 Å². The minimum Gasteiger partial charge on any atom is -0.512 e. The number of carbonyl (C=O) groups is 1. The minimum atomic E-state index is -2.21. The molecule has 1 radical (unpaired) electrons. The van der Waals surface area contributed by atoms with Crippen LogP contribution >= 0.6 is 11.8 Å². The van der Waals surface area contributed by atoms with Gasteiger partial charge in [-0.05, 0) is 89.5 Å². The maximum atomic E-state index is 12.0. The molecule has 0 amide bonds. The maximum absolute atomic E-state index is 12.0. The zero-order valence-electron chi connectivity index (χ0n) is 36.3. The number of ketones is 1. The molecular weight excluding hydrogens is 799 g/mol. The van der Waals surface area contributed by atoms with Crippen molar-refractivity contribution in [3.63, 3.8) is 0 Å². The summed E-state index contributed by atoms with van der Waals surface area (Å²) >= 11 is 1.69. The first-order valence-electron chi connectivity index (χ1n) is 20.1. The first kappa shape index (κ1) is 33.7. The van der Waals surface area contributed by atoms with Gasteiger partial charge < -0.3 is 5.11 Å². The van der Waals surface area contributed by atoms with E-state index in [1.165, 1.54) is 6.08 Å². The molecule has 0 saturated heterocycles. The molecule has 0 fully saturated rings. The Kier molecular flexibility index (Phi) is 11.2. The van der Waals surface area contributed by atoms with Gasteiger partial charge in [0.1, 0.15) is 0 Å². The molecule has 1 N–H and O–H groups in total. The van der Waals surface area contributed by atoms with Crippen molar-refractivity contribution in [2.24, 2.45) is 22.2 Å². The number of fused-ring (bicyclic) bond motifs is 3. The van der Waals surface area contributed by atoms with Gasteiger partial charge in [0.15, 0.2) is 5.78 Å². The molecule has 5 rings (SSSR count). The maximum Gasteiger partial charge on any atom is 0.164 e. The van der Waals surface area contributed by atoms with E-state index in [0.717, 1.165) is 86.6 Å². The molecule has 0 atom stereocenters. The van der Waals surface area contributed by atoms with Crippen LogP contribution in [0.1, 0.15) is 125 Å². The van der Waals surface area contributed by atoms with Gasteiger partial charge in [-0.1, -0.05) is 116 Å². The summed E-state index contributed by atoms with van der Waals surface area (Å²) in [5.74, 6) is 0.437. The van der Waals surface area contributed by atoms with E-state index in [9.17, 15) is 9.90 Å². The molecule has 1 aliphatic heterocycles. The number of pyridine rings is 1. The predicted molar refractivity (Wildman–Crippen MR) is 207 cm³/mol. The summed E-state index contributed by atoms with van der Waals surface area (Å²) in [6.45, 7) is 21.1. The predicted octanol–water partition coefficient (Wildman–Crippen LogP) is 13.1. The van der Waals surface area contributed by atoms with Crippen molar-refractivity contribution in [1.82, 2.24) is 4.98 Å². The Hall–Kier alpha value is -2.46. The second-order valence-corrected chi connectivity index (χ2v) is 17.1. The van der Waals surface area contributed by atoms with Gasteiger partial charge in [-0.15, -0.1) is 29.3 Å². The summed E-state index contributed by atoms with van der Waals surface area (Å²) in [5.41, 5.74) is 3.82. The summed E-state index contributed by atoms with van der Waals surface area (Å²) in [6, 6.07) is 13.3. The van der Waals surface area contributed by atoms with Crippen molar-refractivity contribution in [3.8, 4) is 11.3 Å². The van der Waals surface area contributed by atoms with Crippen LogP contribution in [0.5, 0.6) is 0 Å². The fourth-order valence-corrected chi connectivity index (χ4v) is 7.69. The Morgan fingerprint density at radius 1 is 1.00 bits per heavy atom. The largest absolute Gasteiger partial charge is 0.512 e. The SMILES string of the molecule is CCC(CC)/C(O)=C/C(=O)C(C)(CC)CC.[2H]c1nc2c3c(cc(CC(C)(C)C)cc3c1[2H])Sc1c-2[c-]c2cc(C([2H])([2H])[2H])ccc2c1CC(C)(C)C.[Ir]. The molecule has 0 unspecified atom stereocenters. The molecule has 0 spiro atoms. The molecule has 3 nitrogen and oxygen atoms in total. The molecule has 0 saturated carbocycles. The monoisotopic (exact) mass is 862 g/mol. The van der Waals surface area contributed by atoms with Gasteiger partial charge >= 0.3 is 0 Å². The molecule has 267 valence electrons. The van der Waals surface area contributed by atoms with E-state index in [1.807, 2.05) is 46.8 Å². The molecule has 5 heteroatoms. The summed E-state index contributed by atoms with van der Waals surface area (Å²) < 4.78 is 40.9. The summed E-state index contributed by atoms with van der Waals surface area (Å²) in [5, 5.41) is 13.3. The van der Waals surface area contributed by atoms with Crippen LogP contribution in [0.2, 0.25) is 0 Å². The third-order valence-corrected chi connectivity index (χ3v) is 10.8. The summed E-state index contributed by atoms with van der Waals surface area (Å²) in [7, 11) is 0. The van der Waals surface area contributed by atoms with Crippen LogP contribution in [-0.2, 0) is 37.7 Å². The van der Waals surface area contributed by atoms with E-state index in [2.05, 4.69) is 58.7 Å². The molecular formula is C44H58IrNO2S-. The van der Waals surface area contributed by atoms with Crippen LogP contribution in [-0.4, -0.2) is 15.9 Å². The Labute approximate surface area is 321 Å². The average molecular weight is 862 g/mol. The normalized spacial score (nSPS) is 14.9. The summed E-state index contributed by atoms with van der Waals surface area (Å²) in [6.07, 6.45) is 6.44. The number of benzene rings is 3. The van der Waals surface area contributed by atoms with Gasteiger partial charge in [0.05, 0.1) is 8.50 Å². The van der Waals surface area contributed by atoms with Crippen LogP contribution in [0, 0.1) is 35.1 Å². The van der Waals surface area contributed by atoms with Crippen molar-refractivity contribution in [1.29, 1.82) is 0 Å². The topological polar surface area (TPSA) is 50.2 Å². The number of carbonyl (C=O) groups excluding carboxylic acids is 1. The molecule has 49 heavy (non-hydrogen) atoms. The van der Waals surface area contributed by atoms with Crippen LogP contribution < -0.4 is 0 Å². The number of nitrogens with zero attached hydrogens (tertiary/aromatic N) is 1. The number of aromatic nitrogens is 1. The van der Waals surface area contributed by atoms with Crippen LogP contribution in [0.15, 0.2) is 64.2 Å². The number of aliphatic hydroxyl groups is 1. The van der Waals surface area contributed by atoms with Crippen molar-refractivity contribution in [3.05, 3.63) is 77.1 Å². The summed E-state index contributed by atoms with van der Waals surface area (Å²) in [4.78, 5) is 18.8. The van der Waals surface area contributed by atoms with E-state index in [0.29, 0.717) is 5.69 Å². The molecule has 4 aromatic rings. The molecule has 1 aliphatic rings. The van der Waals surface area contributed by atoms with Crippen molar-refractivity contribution < 1.29 is 36.9 Å². The van der Waals surface area contributed by atoms with Crippen molar-refractivity contribution in [2.75, 3.05) is 0 Å². The number of aliphatic hydroxyl groups excluding tert-OH is 1. The molecule has 0 aliphatic carbocycles. The molecule has 1 aromatic heterocycles. The Balaban J connectivity index is 0.000000393. The van der Waals surface area contributed by atoms with E-state index >= 15 is 0 Å². The number of allylic oxidation sites excluding steroid dienone is 2. The zero-order valence-corrected chi connectivity index (χ0v) is 34.5. The molecule has 2 heterocycles. The fraction of sp³-hybridized carbons (Fsp3) is 0.500. The van der Waals surface area contributed by atoms with Gasteiger partial charge in [0.25, 0.3) is 0 Å². The third-order valence-electron chi connectivity index (χ3n) is 9.59. The second-order valence-electron chi connectivity index (χ2n) is 16.1. The van der Waals surface area contributed by atoms with E-state index < -0.39 is 6.85 Å². The van der Waals surface area contributed by atoms with Gasteiger partial charge in [0, 0.05) is 58.4 Å². The first-order chi connectivity index (χ1) is 24.5. The van der Waals surface area contributed by atoms with E-state index in [1.54, 1.807) is 23.9 Å². The minimum absolute atomic E-state index is 0. The fourth-order valence-electron chi connectivity index (χ4n) is 6.39. The second kappa shape index (κ2) is 16.3. The third kappa shape index (κ3) is 9.66. The quantitative estimate of drug-likeness (QED) is 0.0911. The number of hydrogen-bond acceptors (Lipinski definition) is 4. The van der Waals surface area contributed by atoms with Gasteiger partial charge in [0.2, 0.25) is 0 Å². The van der Waals surface area contributed by atoms with E-state index in [-0.39, 0.29) is 71.6 Å². The van der Waals surface area contributed by atoms with Crippen LogP contribution in [0.4, 0.5) is 0 Å². The van der Waals surface area contributed by atoms with E-state index in [4.69, 9.17) is 6.85 Å². The van der Waals surface area contributed by atoms with Crippen LogP contribution in [0.3, 0.4) is 0 Å². The number of rotatable bonds is 9. The Morgan fingerprint density at radius 2 is 1.65 bits per heavy atom.